The molecule has 24 heteroatoms. The molecule has 0 aromatic rings. The lowest BCUT2D eigenvalue weighted by Gasteiger charge is -2.49. The van der Waals surface area contributed by atoms with E-state index in [2.05, 4.69) is 10.6 Å². The Morgan fingerprint density at radius 1 is 0.762 bits per heavy atom. The molecule has 0 unspecified atom stereocenters. The molecule has 63 heavy (non-hydrogen) atoms. The second-order valence-electron chi connectivity index (χ2n) is 14.3. The van der Waals surface area contributed by atoms with Crippen molar-refractivity contribution >= 4 is 70.5 Å². The quantitative estimate of drug-likeness (QED) is 0.0826. The summed E-state index contributed by atoms with van der Waals surface area (Å²) < 4.78 is 63.0. The first-order valence-corrected chi connectivity index (χ1v) is 20.9. The molecule has 0 spiro atoms. The largest absolute Gasteiger partial charge is 0.465 e. The van der Waals surface area contributed by atoms with Crippen molar-refractivity contribution < 1.29 is 100 Å². The van der Waals surface area contributed by atoms with E-state index in [0.717, 1.165) is 67.3 Å². The molecule has 2 amide bonds. The first-order valence-electron chi connectivity index (χ1n) is 19.9. The van der Waals surface area contributed by atoms with Crippen LogP contribution in [0.2, 0.25) is 0 Å². The first kappa shape index (κ1) is 54.2. The number of esters is 7. The predicted molar refractivity (Wildman–Crippen MR) is 211 cm³/mol. The molecule has 0 aliphatic carbocycles. The molecule has 0 aromatic heterocycles. The molecule has 2 rings (SSSR count). The number of hydrogen-bond acceptors (Lipinski definition) is 22. The maximum atomic E-state index is 14.1. The molecule has 0 saturated carbocycles. The molecule has 2 fully saturated rings. The number of methoxy groups -OCH3 is 1. The lowest BCUT2D eigenvalue weighted by Crippen LogP contribution is -2.70. The maximum Gasteiger partial charge on any atom is 0.366 e. The summed E-state index contributed by atoms with van der Waals surface area (Å²) in [6.07, 6.45) is -13.2. The second kappa shape index (κ2) is 26.0. The van der Waals surface area contributed by atoms with Crippen molar-refractivity contribution in [1.82, 2.24) is 10.6 Å². The molecule has 23 nitrogen and oxygen atoms in total. The van der Waals surface area contributed by atoms with Crippen molar-refractivity contribution in [2.45, 2.75) is 155 Å². The van der Waals surface area contributed by atoms with E-state index in [-0.39, 0.29) is 18.1 Å². The number of amides is 2. The van der Waals surface area contributed by atoms with Crippen LogP contribution in [0.5, 0.6) is 0 Å². The summed E-state index contributed by atoms with van der Waals surface area (Å²) in [5, 5.41) is 5.13. The van der Waals surface area contributed by atoms with Crippen molar-refractivity contribution in [2.75, 3.05) is 32.7 Å². The smallest absolute Gasteiger partial charge is 0.366 e. The number of hydrogen-bond donors (Lipinski definition) is 2. The summed E-state index contributed by atoms with van der Waals surface area (Å²) in [4.78, 5) is 126. The number of thioether (sulfide) groups is 1. The number of ether oxygens (including phenoxy) is 11. The Bertz CT molecular complexity index is 1660. The molecule has 2 N–H and O–H groups in total. The molecule has 2 aliphatic heterocycles. The second-order valence-corrected chi connectivity index (χ2v) is 15.6. The van der Waals surface area contributed by atoms with Crippen LogP contribution in [0.1, 0.15) is 88.0 Å². The summed E-state index contributed by atoms with van der Waals surface area (Å²) in [6.45, 7) is 8.79. The summed E-state index contributed by atoms with van der Waals surface area (Å²) in [7, 11) is 0.954. The van der Waals surface area contributed by atoms with Crippen LogP contribution in [-0.4, -0.2) is 158 Å². The van der Waals surface area contributed by atoms with Gasteiger partial charge in [0.25, 0.3) is 5.79 Å². The topological polar surface area (TPSA) is 296 Å². The fourth-order valence-electron chi connectivity index (χ4n) is 6.72. The van der Waals surface area contributed by atoms with Crippen LogP contribution in [0.4, 0.5) is 0 Å². The van der Waals surface area contributed by atoms with Gasteiger partial charge in [0.05, 0.1) is 32.8 Å². The average molecular weight is 923 g/mol. The highest BCUT2D eigenvalue weighted by Gasteiger charge is 2.60. The van der Waals surface area contributed by atoms with E-state index in [9.17, 15) is 47.9 Å². The minimum Gasteiger partial charge on any atom is -0.465 e. The van der Waals surface area contributed by atoms with Gasteiger partial charge < -0.3 is 62.7 Å². The van der Waals surface area contributed by atoms with Crippen molar-refractivity contribution in [3.05, 3.63) is 0 Å². The molecule has 2 saturated heterocycles. The highest BCUT2D eigenvalue weighted by Crippen LogP contribution is 2.38. The van der Waals surface area contributed by atoms with Gasteiger partial charge in [0.1, 0.15) is 31.0 Å². The fourth-order valence-corrected chi connectivity index (χ4v) is 7.27. The summed E-state index contributed by atoms with van der Waals surface area (Å²) >= 11 is 1.03. The van der Waals surface area contributed by atoms with Crippen molar-refractivity contribution in [1.29, 1.82) is 0 Å². The third-order valence-electron chi connectivity index (χ3n) is 8.91. The van der Waals surface area contributed by atoms with Crippen LogP contribution >= 0.6 is 11.8 Å². The molecule has 2 heterocycles. The van der Waals surface area contributed by atoms with Gasteiger partial charge in [0.15, 0.2) is 35.8 Å². The van der Waals surface area contributed by atoms with E-state index in [0.29, 0.717) is 18.6 Å². The maximum absolute atomic E-state index is 14.1. The normalized spacial score (nSPS) is 26.3. The van der Waals surface area contributed by atoms with Gasteiger partial charge in [-0.05, 0) is 12.8 Å². The van der Waals surface area contributed by atoms with E-state index >= 15 is 0 Å². The molecule has 0 aromatic carbocycles. The minimum atomic E-state index is -2.72. The van der Waals surface area contributed by atoms with Crippen LogP contribution < -0.4 is 10.6 Å². The lowest BCUT2D eigenvalue weighted by atomic mass is 9.87. The van der Waals surface area contributed by atoms with Gasteiger partial charge in [0, 0.05) is 67.6 Å². The highest BCUT2D eigenvalue weighted by molar-refractivity contribution is 8.13. The Labute approximate surface area is 368 Å². The summed E-state index contributed by atoms with van der Waals surface area (Å²) in [5.74, 6) is -10.4. The van der Waals surface area contributed by atoms with E-state index in [1.54, 1.807) is 6.92 Å². The van der Waals surface area contributed by atoms with Gasteiger partial charge in [-0.25, -0.2) is 4.79 Å². The van der Waals surface area contributed by atoms with Crippen LogP contribution in [0.25, 0.3) is 0 Å². The zero-order valence-corrected chi connectivity index (χ0v) is 37.7. The van der Waals surface area contributed by atoms with Crippen LogP contribution in [-0.2, 0) is 100 Å². The average Bonchev–Trinajstić information content (AvgIpc) is 3.16. The van der Waals surface area contributed by atoms with E-state index in [1.807, 2.05) is 0 Å². The van der Waals surface area contributed by atoms with Gasteiger partial charge in [-0.3, -0.25) is 43.2 Å². The van der Waals surface area contributed by atoms with Crippen LogP contribution in [0.15, 0.2) is 0 Å². The number of rotatable bonds is 22. The van der Waals surface area contributed by atoms with Gasteiger partial charge in [0.2, 0.25) is 11.8 Å². The standard InChI is InChI=1S/C39H58N2O21S/c1-11-13-30(50)41-31-27(56-21(4)44)16-39(38(51)52-10,62-36(31)34(59-24(7)47)28(57-22(5)45)17-54-20(3)43)55-18-29-33(58-23(6)46)35(60-25(8)48)32(40-19(2)42)37(61-29)53-14-12-15-63-26(9)49/h27-29,31-37H,11-18H2,1-10H3,(H,40,42)(H,41,50)/t27-,28+,29+,31+,32+,33-,34+,35+,36+,37-,39+/m0/s1. The van der Waals surface area contributed by atoms with Gasteiger partial charge >= 0.3 is 41.8 Å². The fraction of sp³-hybridized carbons (Fsp3) is 0.744. The molecular formula is C39H58N2O21S. The Hall–Kier alpha value is -4.91. The predicted octanol–water partition coefficient (Wildman–Crippen LogP) is 0.0837. The third kappa shape index (κ3) is 17.6. The highest BCUT2D eigenvalue weighted by atomic mass is 32.2. The van der Waals surface area contributed by atoms with Gasteiger partial charge in [-0.1, -0.05) is 18.7 Å². The molecule has 0 bridgehead atoms. The molecule has 2 aliphatic rings. The summed E-state index contributed by atoms with van der Waals surface area (Å²) in [5.41, 5.74) is 0. The van der Waals surface area contributed by atoms with Crippen molar-refractivity contribution in [3.8, 4) is 0 Å². The molecule has 11 atom stereocenters. The zero-order chi connectivity index (χ0) is 47.6. The van der Waals surface area contributed by atoms with Gasteiger partial charge in [-0.2, -0.15) is 0 Å². The van der Waals surface area contributed by atoms with Crippen molar-refractivity contribution in [3.63, 3.8) is 0 Å². The SMILES string of the molecule is CCCC(=O)N[C@H]1[C@H]([C@H](OC(C)=O)[C@@H](COC(C)=O)OC(C)=O)O[C@@](OC[C@H]2O[C@H](OCCCSC(C)=O)[C@H](NC(C)=O)[C@@H](OC(C)=O)[C@H]2OC(C)=O)(C(=O)OC)C[C@@H]1OC(C)=O. The Morgan fingerprint density at radius 2 is 1.38 bits per heavy atom. The number of nitrogens with one attached hydrogen (secondary N) is 2. The van der Waals surface area contributed by atoms with Crippen LogP contribution in [0, 0.1) is 0 Å². The third-order valence-corrected chi connectivity index (χ3v) is 9.81. The van der Waals surface area contributed by atoms with E-state index in [1.165, 1.54) is 6.92 Å². The number of carbonyl (C=O) groups excluding carboxylic acids is 10. The van der Waals surface area contributed by atoms with Crippen LogP contribution in [0.3, 0.4) is 0 Å². The monoisotopic (exact) mass is 922 g/mol. The minimum absolute atomic E-state index is 0.0554. The molecule has 356 valence electrons. The zero-order valence-electron chi connectivity index (χ0n) is 36.9. The number of carbonyl (C=O) groups is 10. The Balaban J connectivity index is 2.86. The van der Waals surface area contributed by atoms with Gasteiger partial charge in [-0.15, -0.1) is 0 Å². The first-order chi connectivity index (χ1) is 29.5. The van der Waals surface area contributed by atoms with E-state index < -0.39 is 140 Å². The Morgan fingerprint density at radius 3 is 1.90 bits per heavy atom. The summed E-state index contributed by atoms with van der Waals surface area (Å²) in [6, 6.07) is -2.81. The van der Waals surface area contributed by atoms with Crippen molar-refractivity contribution in [2.24, 2.45) is 0 Å². The molecular weight excluding hydrogens is 864 g/mol. The van der Waals surface area contributed by atoms with E-state index in [4.69, 9.17) is 52.1 Å². The lowest BCUT2D eigenvalue weighted by molar-refractivity contribution is -0.332. The molecule has 0 radical (unpaired) electrons. The Kier molecular flexibility index (Phi) is 22.4.